The largest absolute Gasteiger partial charge is 0.455 e. The van der Waals surface area contributed by atoms with Crippen LogP contribution in [-0.4, -0.2) is 17.0 Å². The van der Waals surface area contributed by atoms with E-state index in [9.17, 15) is 14.9 Å². The van der Waals surface area contributed by atoms with Crippen molar-refractivity contribution in [3.63, 3.8) is 0 Å². The lowest BCUT2D eigenvalue weighted by Gasteiger charge is -2.01. The standard InChI is InChI=1S/C19H14BrN3O4/c1-12-6-8-15(17(10-12)23(25)26)18-9-7-13(27-18)11-21-22-19(24)14-4-2-3-5-16(14)20/h2-11H,1H3,(H,22,24)/b21-11-. The van der Waals surface area contributed by atoms with Gasteiger partial charge in [0.2, 0.25) is 0 Å². The summed E-state index contributed by atoms with van der Waals surface area (Å²) in [5.41, 5.74) is 3.99. The first-order chi connectivity index (χ1) is 13.0. The van der Waals surface area contributed by atoms with E-state index in [2.05, 4.69) is 26.5 Å². The van der Waals surface area contributed by atoms with Crippen LogP contribution in [0, 0.1) is 17.0 Å². The van der Waals surface area contributed by atoms with Gasteiger partial charge in [0.1, 0.15) is 11.5 Å². The normalized spacial score (nSPS) is 10.9. The van der Waals surface area contributed by atoms with Crippen molar-refractivity contribution >= 4 is 33.7 Å². The highest BCUT2D eigenvalue weighted by Crippen LogP contribution is 2.31. The molecular weight excluding hydrogens is 414 g/mol. The van der Waals surface area contributed by atoms with E-state index in [1.54, 1.807) is 55.5 Å². The molecule has 0 aliphatic rings. The van der Waals surface area contributed by atoms with E-state index in [1.807, 2.05) is 0 Å². The number of rotatable bonds is 5. The Bertz CT molecular complexity index is 1040. The zero-order chi connectivity index (χ0) is 19.4. The molecule has 0 radical (unpaired) electrons. The van der Waals surface area contributed by atoms with Crippen LogP contribution in [0.1, 0.15) is 21.7 Å². The molecule has 8 heteroatoms. The lowest BCUT2D eigenvalue weighted by molar-refractivity contribution is -0.384. The summed E-state index contributed by atoms with van der Waals surface area (Å²) in [4.78, 5) is 22.9. The van der Waals surface area contributed by atoms with E-state index in [-0.39, 0.29) is 11.6 Å². The Hall–Kier alpha value is -3.26. The summed E-state index contributed by atoms with van der Waals surface area (Å²) in [5, 5.41) is 15.1. The Morgan fingerprint density at radius 3 is 2.74 bits per heavy atom. The molecular formula is C19H14BrN3O4. The molecule has 3 aromatic rings. The summed E-state index contributed by atoms with van der Waals surface area (Å²) < 4.78 is 6.25. The Kier molecular flexibility index (Phi) is 5.46. The predicted octanol–water partition coefficient (Wildman–Crippen LogP) is 4.69. The molecule has 2 aromatic carbocycles. The van der Waals surface area contributed by atoms with Crippen LogP contribution in [0.25, 0.3) is 11.3 Å². The molecule has 0 aliphatic heterocycles. The number of nitro benzene ring substituents is 1. The van der Waals surface area contributed by atoms with Crippen molar-refractivity contribution < 1.29 is 14.1 Å². The number of carbonyl (C=O) groups is 1. The quantitative estimate of drug-likeness (QED) is 0.362. The van der Waals surface area contributed by atoms with Crippen molar-refractivity contribution in [1.29, 1.82) is 0 Å². The molecule has 1 aromatic heterocycles. The van der Waals surface area contributed by atoms with Gasteiger partial charge in [0.05, 0.1) is 22.3 Å². The number of nitro groups is 1. The molecule has 0 bridgehead atoms. The Morgan fingerprint density at radius 2 is 2.00 bits per heavy atom. The number of amides is 1. The van der Waals surface area contributed by atoms with Crippen molar-refractivity contribution in [3.05, 3.63) is 86.1 Å². The maximum atomic E-state index is 12.1. The molecule has 0 aliphatic carbocycles. The van der Waals surface area contributed by atoms with Gasteiger partial charge in [0.25, 0.3) is 11.6 Å². The van der Waals surface area contributed by atoms with Gasteiger partial charge in [0.15, 0.2) is 0 Å². The average molecular weight is 428 g/mol. The number of benzene rings is 2. The molecule has 7 nitrogen and oxygen atoms in total. The topological polar surface area (TPSA) is 97.7 Å². The number of nitrogens with zero attached hydrogens (tertiary/aromatic N) is 2. The molecule has 1 amide bonds. The zero-order valence-electron chi connectivity index (χ0n) is 14.2. The summed E-state index contributed by atoms with van der Waals surface area (Å²) in [6.45, 7) is 1.78. The van der Waals surface area contributed by atoms with Crippen molar-refractivity contribution in [3.8, 4) is 11.3 Å². The van der Waals surface area contributed by atoms with Gasteiger partial charge in [-0.3, -0.25) is 14.9 Å². The molecule has 27 heavy (non-hydrogen) atoms. The van der Waals surface area contributed by atoms with Gasteiger partial charge in [-0.15, -0.1) is 0 Å². The maximum Gasteiger partial charge on any atom is 0.280 e. The molecule has 3 rings (SSSR count). The third-order valence-electron chi connectivity index (χ3n) is 3.72. The minimum absolute atomic E-state index is 0.0323. The number of hydrogen-bond acceptors (Lipinski definition) is 5. The molecule has 1 heterocycles. The number of halogens is 1. The number of hydrogen-bond donors (Lipinski definition) is 1. The van der Waals surface area contributed by atoms with Crippen molar-refractivity contribution in [2.75, 3.05) is 0 Å². The van der Waals surface area contributed by atoms with Gasteiger partial charge < -0.3 is 4.42 Å². The molecule has 0 atom stereocenters. The SMILES string of the molecule is Cc1ccc(-c2ccc(/C=N\NC(=O)c3ccccc3Br)o2)c([N+](=O)[O-])c1. The van der Waals surface area contributed by atoms with E-state index in [0.717, 1.165) is 5.56 Å². The lowest BCUT2D eigenvalue weighted by Crippen LogP contribution is -2.17. The van der Waals surface area contributed by atoms with Gasteiger partial charge in [-0.1, -0.05) is 18.2 Å². The van der Waals surface area contributed by atoms with E-state index in [1.165, 1.54) is 12.3 Å². The van der Waals surface area contributed by atoms with Crippen molar-refractivity contribution in [2.45, 2.75) is 6.92 Å². The molecule has 0 spiro atoms. The van der Waals surface area contributed by atoms with Gasteiger partial charge in [-0.05, 0) is 58.7 Å². The number of aryl methyl sites for hydroxylation is 1. The lowest BCUT2D eigenvalue weighted by atomic mass is 10.1. The van der Waals surface area contributed by atoms with Gasteiger partial charge in [-0.25, -0.2) is 5.43 Å². The summed E-state index contributed by atoms with van der Waals surface area (Å²) in [5.74, 6) is 0.326. The monoisotopic (exact) mass is 427 g/mol. The fourth-order valence-corrected chi connectivity index (χ4v) is 2.89. The van der Waals surface area contributed by atoms with Crippen LogP contribution in [-0.2, 0) is 0 Å². The highest BCUT2D eigenvalue weighted by Gasteiger charge is 2.18. The smallest absolute Gasteiger partial charge is 0.280 e. The van der Waals surface area contributed by atoms with Gasteiger partial charge in [-0.2, -0.15) is 5.10 Å². The third kappa shape index (κ3) is 4.29. The van der Waals surface area contributed by atoms with Gasteiger partial charge in [0, 0.05) is 10.5 Å². The first-order valence-corrected chi connectivity index (χ1v) is 8.68. The van der Waals surface area contributed by atoms with Crippen LogP contribution in [0.3, 0.4) is 0 Å². The molecule has 1 N–H and O–H groups in total. The summed E-state index contributed by atoms with van der Waals surface area (Å²) >= 11 is 3.30. The fourth-order valence-electron chi connectivity index (χ4n) is 2.43. The second-order valence-corrected chi connectivity index (χ2v) is 6.51. The minimum Gasteiger partial charge on any atom is -0.455 e. The maximum absolute atomic E-state index is 12.1. The minimum atomic E-state index is -0.448. The van der Waals surface area contributed by atoms with Crippen molar-refractivity contribution in [2.24, 2.45) is 5.10 Å². The van der Waals surface area contributed by atoms with E-state index in [4.69, 9.17) is 4.42 Å². The summed E-state index contributed by atoms with van der Waals surface area (Å²) in [6, 6.07) is 15.1. The van der Waals surface area contributed by atoms with Gasteiger partial charge >= 0.3 is 0 Å². The molecule has 0 fully saturated rings. The number of hydrazone groups is 1. The predicted molar refractivity (Wildman–Crippen MR) is 105 cm³/mol. The van der Waals surface area contributed by atoms with Crippen molar-refractivity contribution in [1.82, 2.24) is 5.43 Å². The second-order valence-electron chi connectivity index (χ2n) is 5.66. The van der Waals surface area contributed by atoms with Crippen LogP contribution >= 0.6 is 15.9 Å². The number of carbonyl (C=O) groups excluding carboxylic acids is 1. The summed E-state index contributed by atoms with van der Waals surface area (Å²) in [7, 11) is 0. The summed E-state index contributed by atoms with van der Waals surface area (Å²) in [6.07, 6.45) is 1.33. The first kappa shape index (κ1) is 18.5. The molecule has 0 unspecified atom stereocenters. The molecule has 0 saturated heterocycles. The third-order valence-corrected chi connectivity index (χ3v) is 4.41. The van der Waals surface area contributed by atoms with Crippen LogP contribution in [0.5, 0.6) is 0 Å². The van der Waals surface area contributed by atoms with E-state index < -0.39 is 4.92 Å². The Labute approximate surface area is 163 Å². The fraction of sp³-hybridized carbons (Fsp3) is 0.0526. The Balaban J connectivity index is 1.75. The number of furan rings is 1. The van der Waals surface area contributed by atoms with E-state index >= 15 is 0 Å². The molecule has 136 valence electrons. The second kappa shape index (κ2) is 7.96. The van der Waals surface area contributed by atoms with Crippen LogP contribution in [0.4, 0.5) is 5.69 Å². The van der Waals surface area contributed by atoms with Crippen LogP contribution in [0.2, 0.25) is 0 Å². The highest BCUT2D eigenvalue weighted by molar-refractivity contribution is 9.10. The van der Waals surface area contributed by atoms with Crippen LogP contribution < -0.4 is 5.43 Å². The average Bonchev–Trinajstić information content (AvgIpc) is 3.10. The molecule has 0 saturated carbocycles. The Morgan fingerprint density at radius 1 is 1.22 bits per heavy atom. The van der Waals surface area contributed by atoms with E-state index in [0.29, 0.717) is 27.1 Å². The first-order valence-electron chi connectivity index (χ1n) is 7.89. The highest BCUT2D eigenvalue weighted by atomic mass is 79.9. The zero-order valence-corrected chi connectivity index (χ0v) is 15.8. The number of nitrogens with one attached hydrogen (secondary N) is 1. The van der Waals surface area contributed by atoms with Crippen LogP contribution in [0.15, 0.2) is 68.6 Å².